The maximum absolute atomic E-state index is 8.38. The van der Waals surface area contributed by atoms with Crippen molar-refractivity contribution in [2.45, 2.75) is 52.4 Å². The molecule has 8 heterocycles. The Morgan fingerprint density at radius 3 is 1.36 bits per heavy atom. The number of hydrogen-bond donors (Lipinski definition) is 0. The summed E-state index contributed by atoms with van der Waals surface area (Å²) >= 11 is 0. The topological polar surface area (TPSA) is 83.8 Å². The number of rotatable bonds is 10. The van der Waals surface area contributed by atoms with Gasteiger partial charge in [0.25, 0.3) is 0 Å². The van der Waals surface area contributed by atoms with Crippen molar-refractivity contribution in [3.63, 3.8) is 0 Å². The second kappa shape index (κ2) is 9.67. The average molecular weight is 715 g/mol. The van der Waals surface area contributed by atoms with Gasteiger partial charge in [0.2, 0.25) is 0 Å². The van der Waals surface area contributed by atoms with Crippen LogP contribution in [0.25, 0.3) is 21.5 Å². The van der Waals surface area contributed by atoms with E-state index in [1.807, 2.05) is 0 Å². The van der Waals surface area contributed by atoms with Gasteiger partial charge in [-0.25, -0.2) is 0 Å². The molecule has 0 amide bonds. The van der Waals surface area contributed by atoms with Gasteiger partial charge < -0.3 is 0 Å². The number of fused-ring (bicyclic) bond motifs is 12. The van der Waals surface area contributed by atoms with Gasteiger partial charge in [-0.15, -0.1) is 0 Å². The third kappa shape index (κ3) is 2.94. The second-order valence-electron chi connectivity index (χ2n) is 15.1. The van der Waals surface area contributed by atoms with Crippen LogP contribution in [0.15, 0.2) is 117 Å². The summed E-state index contributed by atoms with van der Waals surface area (Å²) in [5.74, 6) is 4.69. The fourth-order valence-corrected chi connectivity index (χ4v) is 18.9. The number of amidine groups is 4. The third-order valence-corrected chi connectivity index (χ3v) is 19.7. The van der Waals surface area contributed by atoms with Gasteiger partial charge in [0.15, 0.2) is 0 Å². The van der Waals surface area contributed by atoms with E-state index in [0.29, 0.717) is 13.2 Å². The van der Waals surface area contributed by atoms with Gasteiger partial charge in [0.1, 0.15) is 0 Å². The molecule has 0 saturated carbocycles. The summed E-state index contributed by atoms with van der Waals surface area (Å²) in [5.41, 5.74) is 5.58. The molecule has 0 radical (unpaired) electrons. The summed E-state index contributed by atoms with van der Waals surface area (Å²) in [5, 5.41) is 4.02. The Hall–Kier alpha value is -5.62. The van der Waals surface area contributed by atoms with E-state index >= 15 is 0 Å². The fourth-order valence-electron chi connectivity index (χ4n) is 10.4. The van der Waals surface area contributed by atoms with Crippen LogP contribution in [0.1, 0.15) is 74.6 Å². The van der Waals surface area contributed by atoms with Crippen LogP contribution in [-0.4, -0.2) is 61.3 Å². The van der Waals surface area contributed by atoms with E-state index in [1.165, 1.54) is 0 Å². The molecule has 6 aliphatic heterocycles. The predicted molar refractivity (Wildman–Crippen MR) is 208 cm³/mol. The summed E-state index contributed by atoms with van der Waals surface area (Å²) in [4.78, 5) is 22.7. The number of benzene rings is 4. The van der Waals surface area contributed by atoms with Gasteiger partial charge in [-0.3, -0.25) is 0 Å². The minimum absolute atomic E-state index is 0.438. The molecule has 2 aromatic heterocycles. The van der Waals surface area contributed by atoms with Crippen LogP contribution in [0, 0.1) is 0 Å². The zero-order valence-electron chi connectivity index (χ0n) is 29.8. The molecule has 53 heavy (non-hydrogen) atoms. The Morgan fingerprint density at radius 2 is 0.906 bits per heavy atom. The first kappa shape index (κ1) is 29.9. The Bertz CT molecular complexity index is 2810. The first-order valence-corrected chi connectivity index (χ1v) is 21.8. The van der Waals surface area contributed by atoms with E-state index in [4.69, 9.17) is 28.8 Å². The van der Waals surface area contributed by atoms with E-state index < -0.39 is 7.76 Å². The van der Waals surface area contributed by atoms with Crippen molar-refractivity contribution < 1.29 is 17.3 Å². The monoisotopic (exact) mass is 714 g/mol. The molecule has 4 aromatic carbocycles. The summed E-state index contributed by atoms with van der Waals surface area (Å²) in [7, 11) is -6.30. The molecule has 0 atom stereocenters. The van der Waals surface area contributed by atoms with E-state index in [2.05, 4.69) is 128 Å². The zero-order valence-corrected chi connectivity index (χ0v) is 30.8. The van der Waals surface area contributed by atoms with Crippen LogP contribution in [0.2, 0.25) is 0 Å². The van der Waals surface area contributed by atoms with Crippen LogP contribution in [0.4, 0.5) is 11.6 Å². The van der Waals surface area contributed by atoms with Gasteiger partial charge >= 0.3 is 306 Å². The van der Waals surface area contributed by atoms with Crippen molar-refractivity contribution in [3.05, 3.63) is 130 Å². The first-order chi connectivity index (χ1) is 26.1. The molecule has 0 N–H and O–H groups in total. The fraction of sp³-hybridized carbons (Fsp3) is 0.238. The molecule has 0 fully saturated rings. The molecule has 10 nitrogen and oxygen atoms in total. The predicted octanol–water partition coefficient (Wildman–Crippen LogP) is 6.74. The van der Waals surface area contributed by atoms with Gasteiger partial charge in [-0.05, 0) is 0 Å². The minimum atomic E-state index is -6.30. The molecule has 0 unspecified atom stereocenters. The first-order valence-electron chi connectivity index (χ1n) is 19.2. The average Bonchev–Trinajstić information content (AvgIpc) is 3.92. The molecular weight excluding hydrogens is 677 g/mol. The van der Waals surface area contributed by atoms with Gasteiger partial charge in [-0.2, -0.15) is 0 Å². The summed E-state index contributed by atoms with van der Waals surface area (Å²) < 4.78 is 26.1. The maximum atomic E-state index is 8.38. The molecule has 0 bridgehead atoms. The van der Waals surface area contributed by atoms with Crippen molar-refractivity contribution in [1.82, 2.24) is 8.47 Å². The van der Waals surface area contributed by atoms with E-state index in [-0.39, 0.29) is 0 Å². The molecule has 12 rings (SSSR count). The van der Waals surface area contributed by atoms with Gasteiger partial charge in [0.05, 0.1) is 0 Å². The van der Waals surface area contributed by atoms with Crippen LogP contribution in [0.5, 0.6) is 0 Å². The third-order valence-electron chi connectivity index (χ3n) is 12.4. The van der Waals surface area contributed by atoms with Crippen molar-refractivity contribution in [1.29, 1.82) is 0 Å². The van der Waals surface area contributed by atoms with Gasteiger partial charge in [-0.1, -0.05) is 0 Å². The van der Waals surface area contributed by atoms with Crippen molar-refractivity contribution in [2.75, 3.05) is 13.2 Å². The number of nitrogens with zero attached hydrogens (tertiary/aromatic N) is 8. The van der Waals surface area contributed by atoms with Crippen LogP contribution < -0.4 is 11.0 Å². The van der Waals surface area contributed by atoms with Crippen molar-refractivity contribution in [2.24, 2.45) is 20.0 Å². The SMILES string of the molecule is CCCCCO[Si-2]123(OCCCCC)n4c5c6ccccc6c4N=C4c6ccccc6C(=[N+]41)N=c1c4ccccc4c(n12)=NC1=[N+]3C(=N5)c2ccccc21. The normalized spacial score (nSPS) is 20.3. The van der Waals surface area contributed by atoms with E-state index in [0.717, 1.165) is 128 Å². The second-order valence-corrected chi connectivity index (χ2v) is 20.3. The summed E-state index contributed by atoms with van der Waals surface area (Å²) in [6, 6.07) is 34.1. The Labute approximate surface area is 305 Å². The van der Waals surface area contributed by atoms with Crippen molar-refractivity contribution >= 4 is 64.3 Å². The van der Waals surface area contributed by atoms with Crippen molar-refractivity contribution in [3.8, 4) is 0 Å². The number of aromatic nitrogens is 2. The van der Waals surface area contributed by atoms with Crippen LogP contribution in [-0.2, 0) is 8.85 Å². The van der Waals surface area contributed by atoms with Crippen LogP contribution >= 0.6 is 0 Å². The molecule has 11 heteroatoms. The summed E-state index contributed by atoms with van der Waals surface area (Å²) in [6.45, 7) is 5.35. The molecule has 6 aliphatic rings. The Kier molecular flexibility index (Phi) is 5.46. The number of hydrogen-bond acceptors (Lipinski definition) is 6. The molecule has 0 aliphatic carbocycles. The number of unbranched alkanes of at least 4 members (excludes halogenated alkanes) is 4. The molecule has 0 saturated heterocycles. The van der Waals surface area contributed by atoms with E-state index in [9.17, 15) is 0 Å². The molecule has 1 spiro atoms. The Balaban J connectivity index is 1.44. The summed E-state index contributed by atoms with van der Waals surface area (Å²) in [6.07, 6.45) is 5.83. The molecular formula is C42H38N8O2Si. The van der Waals surface area contributed by atoms with E-state index in [1.54, 1.807) is 0 Å². The number of aliphatic imine (C=N–C) groups is 2. The molecule has 6 aromatic rings. The standard InChI is InChI=1S/C42H38N8O2Si/c1-3-5-15-25-51-53(52-26-16-6-4-2)47-35-27-17-7-8-18-28(27)36(47)44-38-31-21-11-12-22-32(31)40(49(38)53)46-42-34-24-14-13-23-33(34)41(50(42)53)45-39-30-20-10-9-19-29(30)37(43-35)48(39)53/h7-14,17-24H,3-6,15-16,25-26H2,1-2H3. The quantitative estimate of drug-likeness (QED) is 0.116. The van der Waals surface area contributed by atoms with Gasteiger partial charge in [0, 0.05) is 0 Å². The Morgan fingerprint density at radius 1 is 0.491 bits per heavy atom. The molecule has 262 valence electrons. The van der Waals surface area contributed by atoms with Crippen LogP contribution in [0.3, 0.4) is 0 Å². The zero-order chi connectivity index (χ0) is 35.2.